The van der Waals surface area contributed by atoms with Crippen molar-refractivity contribution in [3.63, 3.8) is 0 Å². The molecule has 0 bridgehead atoms. The van der Waals surface area contributed by atoms with Crippen LogP contribution in [0.3, 0.4) is 0 Å². The molecule has 0 fully saturated rings. The molecular formula is C29H31ClF3N7O4. The third kappa shape index (κ3) is 9.59. The fraction of sp³-hybridized carbons (Fsp3) is 0.276. The molecular weight excluding hydrogens is 603 g/mol. The minimum absolute atomic E-state index is 0.0427. The summed E-state index contributed by atoms with van der Waals surface area (Å²) in [4.78, 5) is 45.3. The Balaban J connectivity index is 1.86. The summed E-state index contributed by atoms with van der Waals surface area (Å²) in [6, 6.07) is 9.90. The largest absolute Gasteiger partial charge is 0.444 e. The molecule has 0 atom stereocenters. The molecule has 11 nitrogen and oxygen atoms in total. The second-order valence-electron chi connectivity index (χ2n) is 10.2. The molecule has 0 aliphatic heterocycles. The molecule has 1 aromatic heterocycles. The number of hydrogen-bond donors (Lipinski definition) is 4. The number of rotatable bonds is 10. The lowest BCUT2D eigenvalue weighted by Crippen LogP contribution is -2.39. The Morgan fingerprint density at radius 3 is 2.34 bits per heavy atom. The Kier molecular flexibility index (Phi) is 10.8. The zero-order valence-corrected chi connectivity index (χ0v) is 25.1. The monoisotopic (exact) mass is 633 g/mol. The van der Waals surface area contributed by atoms with Crippen LogP contribution in [0.5, 0.6) is 0 Å². The van der Waals surface area contributed by atoms with Crippen LogP contribution in [0.4, 0.5) is 52.5 Å². The van der Waals surface area contributed by atoms with Crippen LogP contribution >= 0.6 is 11.6 Å². The van der Waals surface area contributed by atoms with E-state index in [4.69, 9.17) is 16.3 Å². The van der Waals surface area contributed by atoms with Crippen LogP contribution in [-0.2, 0) is 20.5 Å². The van der Waals surface area contributed by atoms with Gasteiger partial charge in [-0.25, -0.2) is 9.78 Å². The highest BCUT2D eigenvalue weighted by Crippen LogP contribution is 2.38. The van der Waals surface area contributed by atoms with E-state index in [-0.39, 0.29) is 41.3 Å². The number of para-hydroxylation sites is 2. The first kappa shape index (κ1) is 33.6. The molecule has 2 aromatic carbocycles. The molecule has 234 valence electrons. The number of alkyl halides is 3. The van der Waals surface area contributed by atoms with Crippen LogP contribution in [0.1, 0.15) is 33.3 Å². The van der Waals surface area contributed by atoms with Gasteiger partial charge in [-0.05, 0) is 57.2 Å². The van der Waals surface area contributed by atoms with Crippen molar-refractivity contribution in [2.24, 2.45) is 0 Å². The number of nitrogens with one attached hydrogen (secondary N) is 4. The van der Waals surface area contributed by atoms with Crippen molar-refractivity contribution in [2.45, 2.75) is 39.5 Å². The number of aromatic nitrogens is 2. The van der Waals surface area contributed by atoms with Crippen LogP contribution < -0.4 is 26.2 Å². The standard InChI is InChI=1S/C29H31ClF3N7O4/c1-6-24(42)36-22-9-7-8-10-23(22)37-25-20(30)16-35-26(39-25)38-21-12-11-18(15-19(21)29(31,32)33)40(17(2)41)14-13-34-27(43)44-28(3,4)5/h6-12,15-16H,1,13-14H2,2-5H3,(H,34,43)(H,36,42)(H2,35,37,38,39). The quantitative estimate of drug-likeness (QED) is 0.182. The summed E-state index contributed by atoms with van der Waals surface area (Å²) < 4.78 is 47.7. The number of alkyl carbamates (subject to hydrolysis) is 1. The molecule has 15 heteroatoms. The molecule has 1 heterocycles. The Hall–Kier alpha value is -4.85. The van der Waals surface area contributed by atoms with E-state index in [0.717, 1.165) is 23.1 Å². The molecule has 0 aliphatic carbocycles. The van der Waals surface area contributed by atoms with Crippen LogP contribution in [0, 0.1) is 0 Å². The number of nitrogens with zero attached hydrogens (tertiary/aromatic N) is 3. The average molecular weight is 634 g/mol. The van der Waals surface area contributed by atoms with Gasteiger partial charge in [0.1, 0.15) is 10.6 Å². The summed E-state index contributed by atoms with van der Waals surface area (Å²) in [5, 5.41) is 10.7. The maximum Gasteiger partial charge on any atom is 0.418 e. The van der Waals surface area contributed by atoms with Crippen molar-refractivity contribution < 1.29 is 32.3 Å². The third-order valence-corrected chi connectivity index (χ3v) is 5.89. The van der Waals surface area contributed by atoms with Crippen LogP contribution in [0.2, 0.25) is 5.02 Å². The fourth-order valence-corrected chi connectivity index (χ4v) is 3.88. The number of halogens is 4. The van der Waals surface area contributed by atoms with Crippen molar-refractivity contribution in [1.82, 2.24) is 15.3 Å². The molecule has 0 saturated heterocycles. The van der Waals surface area contributed by atoms with Crippen LogP contribution in [-0.4, -0.2) is 46.6 Å². The van der Waals surface area contributed by atoms with Gasteiger partial charge in [0.15, 0.2) is 5.82 Å². The maximum absolute atomic E-state index is 14.2. The molecule has 44 heavy (non-hydrogen) atoms. The minimum atomic E-state index is -4.83. The number of carbonyl (C=O) groups excluding carboxylic acids is 3. The van der Waals surface area contributed by atoms with E-state index in [1.807, 2.05) is 0 Å². The normalized spacial score (nSPS) is 11.3. The summed E-state index contributed by atoms with van der Waals surface area (Å²) >= 11 is 6.25. The molecule has 0 aliphatic rings. The minimum Gasteiger partial charge on any atom is -0.444 e. The molecule has 0 radical (unpaired) electrons. The van der Waals surface area contributed by atoms with Crippen LogP contribution in [0.15, 0.2) is 61.3 Å². The van der Waals surface area contributed by atoms with E-state index in [1.54, 1.807) is 45.0 Å². The summed E-state index contributed by atoms with van der Waals surface area (Å²) in [5.74, 6) is -1.16. The van der Waals surface area contributed by atoms with Crippen molar-refractivity contribution >= 4 is 64.0 Å². The van der Waals surface area contributed by atoms with Gasteiger partial charge in [-0.1, -0.05) is 30.3 Å². The van der Waals surface area contributed by atoms with E-state index in [0.29, 0.717) is 11.4 Å². The van der Waals surface area contributed by atoms with E-state index in [9.17, 15) is 27.6 Å². The Labute approximate surface area is 256 Å². The predicted octanol–water partition coefficient (Wildman–Crippen LogP) is 6.64. The van der Waals surface area contributed by atoms with Gasteiger partial charge in [0.25, 0.3) is 0 Å². The summed E-state index contributed by atoms with van der Waals surface area (Å²) in [6.45, 7) is 9.48. The second-order valence-corrected chi connectivity index (χ2v) is 10.6. The highest BCUT2D eigenvalue weighted by molar-refractivity contribution is 6.33. The van der Waals surface area contributed by atoms with Gasteiger partial charge in [-0.15, -0.1) is 0 Å². The Bertz CT molecular complexity index is 1540. The van der Waals surface area contributed by atoms with E-state index >= 15 is 0 Å². The zero-order chi connectivity index (χ0) is 32.7. The Morgan fingerprint density at radius 1 is 1.05 bits per heavy atom. The van der Waals surface area contributed by atoms with E-state index in [1.165, 1.54) is 19.2 Å². The first-order valence-corrected chi connectivity index (χ1v) is 13.5. The van der Waals surface area contributed by atoms with Gasteiger partial charge in [0, 0.05) is 25.7 Å². The first-order chi connectivity index (χ1) is 20.6. The lowest BCUT2D eigenvalue weighted by atomic mass is 10.1. The van der Waals surface area contributed by atoms with Crippen molar-refractivity contribution in [1.29, 1.82) is 0 Å². The zero-order valence-electron chi connectivity index (χ0n) is 24.3. The number of benzene rings is 2. The second kappa shape index (κ2) is 14.1. The number of ether oxygens (including phenoxy) is 1. The molecule has 0 saturated carbocycles. The van der Waals surface area contributed by atoms with Crippen LogP contribution in [0.25, 0.3) is 0 Å². The van der Waals surface area contributed by atoms with Crippen molar-refractivity contribution in [2.75, 3.05) is 33.9 Å². The summed E-state index contributed by atoms with van der Waals surface area (Å²) in [7, 11) is 0. The number of anilines is 6. The van der Waals surface area contributed by atoms with Gasteiger partial charge < -0.3 is 30.9 Å². The van der Waals surface area contributed by atoms with Crippen molar-refractivity contribution in [3.05, 3.63) is 71.9 Å². The number of amides is 3. The van der Waals surface area contributed by atoms with Gasteiger partial charge >= 0.3 is 12.3 Å². The summed E-state index contributed by atoms with van der Waals surface area (Å²) in [5.41, 5.74) is -1.48. The van der Waals surface area contributed by atoms with Gasteiger partial charge in [0.2, 0.25) is 17.8 Å². The topological polar surface area (TPSA) is 138 Å². The lowest BCUT2D eigenvalue weighted by molar-refractivity contribution is -0.137. The number of carbonyl (C=O) groups is 3. The highest BCUT2D eigenvalue weighted by atomic mass is 35.5. The summed E-state index contributed by atoms with van der Waals surface area (Å²) in [6.07, 6.45) is -3.26. The van der Waals surface area contributed by atoms with Gasteiger partial charge in [-0.2, -0.15) is 18.2 Å². The molecule has 3 rings (SSSR count). The molecule has 4 N–H and O–H groups in total. The van der Waals surface area contributed by atoms with Crippen molar-refractivity contribution in [3.8, 4) is 0 Å². The molecule has 3 amide bonds. The van der Waals surface area contributed by atoms with Gasteiger partial charge in [0.05, 0.1) is 28.8 Å². The Morgan fingerprint density at radius 2 is 1.73 bits per heavy atom. The first-order valence-electron chi connectivity index (χ1n) is 13.1. The van der Waals surface area contributed by atoms with Gasteiger partial charge in [-0.3, -0.25) is 9.59 Å². The molecule has 3 aromatic rings. The SMILES string of the molecule is C=CC(=O)Nc1ccccc1Nc1nc(Nc2ccc(N(CCNC(=O)OC(C)(C)C)C(C)=O)cc2C(F)(F)F)ncc1Cl. The predicted molar refractivity (Wildman–Crippen MR) is 163 cm³/mol. The third-order valence-electron chi connectivity index (χ3n) is 5.62. The average Bonchev–Trinajstić information content (AvgIpc) is 2.92. The van der Waals surface area contributed by atoms with E-state index < -0.39 is 35.2 Å². The van der Waals surface area contributed by atoms with E-state index in [2.05, 4.69) is 37.8 Å². The lowest BCUT2D eigenvalue weighted by Gasteiger charge is -2.24. The highest BCUT2D eigenvalue weighted by Gasteiger charge is 2.35. The molecule has 0 spiro atoms. The maximum atomic E-state index is 14.2. The smallest absolute Gasteiger partial charge is 0.418 e. The fourth-order valence-electron chi connectivity index (χ4n) is 3.74. The number of hydrogen-bond acceptors (Lipinski definition) is 8. The molecule has 0 unspecified atom stereocenters.